The summed E-state index contributed by atoms with van der Waals surface area (Å²) in [7, 11) is 0. The van der Waals surface area contributed by atoms with Crippen molar-refractivity contribution in [3.05, 3.63) is 0 Å². The van der Waals surface area contributed by atoms with E-state index in [2.05, 4.69) is 24.5 Å². The molecule has 0 aromatic rings. The van der Waals surface area contributed by atoms with Gasteiger partial charge in [0.2, 0.25) is 11.8 Å². The third kappa shape index (κ3) is 40.6. The molecule has 0 spiro atoms. The third-order valence-corrected chi connectivity index (χ3v) is 11.6. The summed E-state index contributed by atoms with van der Waals surface area (Å²) >= 11 is 0. The highest BCUT2D eigenvalue weighted by atomic mass is 16.5. The van der Waals surface area contributed by atoms with Crippen LogP contribution >= 0.6 is 0 Å². The lowest BCUT2D eigenvalue weighted by molar-refractivity contribution is -0.150. The van der Waals surface area contributed by atoms with E-state index in [-0.39, 0.29) is 24.5 Å². The van der Waals surface area contributed by atoms with Gasteiger partial charge in [-0.2, -0.15) is 0 Å². The van der Waals surface area contributed by atoms with Crippen molar-refractivity contribution in [3.8, 4) is 0 Å². The fraction of sp³-hybridized carbons (Fsp3) is 0.918. The lowest BCUT2D eigenvalue weighted by Crippen LogP contribution is -2.47. The first-order chi connectivity index (χ1) is 28.3. The normalized spacial score (nSPS) is 12.3. The van der Waals surface area contributed by atoms with Gasteiger partial charge in [0.15, 0.2) is 0 Å². The molecule has 0 saturated carbocycles. The van der Waals surface area contributed by atoms with Crippen molar-refractivity contribution in [3.63, 3.8) is 0 Å². The van der Waals surface area contributed by atoms with Crippen LogP contribution in [-0.2, 0) is 23.9 Å². The van der Waals surface area contributed by atoms with Crippen molar-refractivity contribution in [1.82, 2.24) is 10.6 Å². The predicted molar refractivity (Wildman–Crippen MR) is 241 cm³/mol. The highest BCUT2D eigenvalue weighted by Crippen LogP contribution is 2.20. The first-order valence-corrected chi connectivity index (χ1v) is 24.9. The molecule has 0 aromatic heterocycles. The van der Waals surface area contributed by atoms with Crippen molar-refractivity contribution in [2.24, 2.45) is 0 Å². The van der Waals surface area contributed by atoms with Gasteiger partial charge in [0.1, 0.15) is 12.1 Å². The summed E-state index contributed by atoms with van der Waals surface area (Å²) in [4.78, 5) is 47.7. The van der Waals surface area contributed by atoms with E-state index in [0.717, 1.165) is 57.8 Å². The van der Waals surface area contributed by atoms with E-state index in [0.29, 0.717) is 19.3 Å². The van der Waals surface area contributed by atoms with Crippen LogP contribution in [0, 0.1) is 0 Å². The number of carboxylic acids is 1. The van der Waals surface area contributed by atoms with Crippen molar-refractivity contribution in [2.75, 3.05) is 13.2 Å². The maximum absolute atomic E-state index is 12.8. The summed E-state index contributed by atoms with van der Waals surface area (Å²) in [5.74, 6) is -2.26. The second kappa shape index (κ2) is 44.4. The Bertz CT molecular complexity index is 946. The van der Waals surface area contributed by atoms with Gasteiger partial charge in [-0.05, 0) is 38.5 Å². The van der Waals surface area contributed by atoms with Crippen LogP contribution < -0.4 is 10.6 Å². The van der Waals surface area contributed by atoms with Crippen molar-refractivity contribution < 1.29 is 34.1 Å². The Labute approximate surface area is 357 Å². The molecule has 58 heavy (non-hydrogen) atoms. The number of amides is 2. The average molecular weight is 823 g/mol. The lowest BCUT2D eigenvalue weighted by atomic mass is 10.0. The van der Waals surface area contributed by atoms with Gasteiger partial charge in [0, 0.05) is 12.8 Å². The first-order valence-electron chi connectivity index (χ1n) is 24.9. The highest BCUT2D eigenvalue weighted by molar-refractivity contribution is 5.87. The highest BCUT2D eigenvalue weighted by Gasteiger charge is 2.19. The van der Waals surface area contributed by atoms with E-state index in [9.17, 15) is 19.2 Å². The number of aliphatic carboxylic acids is 1. The van der Waals surface area contributed by atoms with Gasteiger partial charge < -0.3 is 25.6 Å². The molecule has 0 fully saturated rings. The molecule has 0 aliphatic carbocycles. The number of carbonyl (C=O) groups excluding carboxylic acids is 3. The molecule has 9 nitrogen and oxygen atoms in total. The molecular formula is C49H94N2O7. The summed E-state index contributed by atoms with van der Waals surface area (Å²) < 4.78 is 6.05. The van der Waals surface area contributed by atoms with Crippen LogP contribution in [-0.4, -0.2) is 59.3 Å². The molecule has 0 bridgehead atoms. The Morgan fingerprint density at radius 2 is 0.776 bits per heavy atom. The number of esters is 1. The Morgan fingerprint density at radius 1 is 0.448 bits per heavy atom. The van der Waals surface area contributed by atoms with E-state index in [1.54, 1.807) is 0 Å². The summed E-state index contributed by atoms with van der Waals surface area (Å²) in [6.07, 6.45) is 47.1. The fourth-order valence-corrected chi connectivity index (χ4v) is 7.78. The zero-order valence-corrected chi connectivity index (χ0v) is 38.1. The zero-order chi connectivity index (χ0) is 42.6. The summed E-state index contributed by atoms with van der Waals surface area (Å²) in [5, 5.41) is 22.6. The average Bonchev–Trinajstić information content (AvgIpc) is 3.21. The number of hydrogen-bond donors (Lipinski definition) is 4. The van der Waals surface area contributed by atoms with E-state index in [1.165, 1.54) is 173 Å². The van der Waals surface area contributed by atoms with Crippen LogP contribution in [0.25, 0.3) is 0 Å². The van der Waals surface area contributed by atoms with Crippen LogP contribution in [0.4, 0.5) is 0 Å². The monoisotopic (exact) mass is 823 g/mol. The zero-order valence-electron chi connectivity index (χ0n) is 38.1. The molecule has 0 aliphatic heterocycles. The maximum atomic E-state index is 12.8. The number of carbonyl (C=O) groups is 4. The van der Waals surface area contributed by atoms with Crippen LogP contribution in [0.3, 0.4) is 0 Å². The smallest absolute Gasteiger partial charge is 0.328 e. The molecule has 2 unspecified atom stereocenters. The van der Waals surface area contributed by atoms with E-state index >= 15 is 0 Å². The minimum atomic E-state index is -1.38. The number of hydrogen-bond acceptors (Lipinski definition) is 6. The Hall–Kier alpha value is -2.16. The molecule has 0 saturated heterocycles. The van der Waals surface area contributed by atoms with Crippen molar-refractivity contribution >= 4 is 23.8 Å². The summed E-state index contributed by atoms with van der Waals surface area (Å²) in [6, 6.07) is -1.38. The minimum Gasteiger partial charge on any atom is -0.480 e. The number of carboxylic acid groups (broad SMARTS) is 1. The molecule has 0 aliphatic rings. The van der Waals surface area contributed by atoms with Crippen LogP contribution in [0.2, 0.25) is 0 Å². The molecule has 2 atom stereocenters. The van der Waals surface area contributed by atoms with Crippen LogP contribution in [0.5, 0.6) is 0 Å². The SMILES string of the molecule is CCCCCCCCCCCCCCCCCCCCCCC(=O)OC(CCCCCCCCCCCC)CCCCCCCC(=O)NCC(=O)NC(CO)C(=O)O. The lowest BCUT2D eigenvalue weighted by Gasteiger charge is -2.18. The molecule has 0 heterocycles. The van der Waals surface area contributed by atoms with Crippen molar-refractivity contribution in [2.45, 2.75) is 276 Å². The molecule has 2 amide bonds. The second-order valence-corrected chi connectivity index (χ2v) is 17.3. The number of aliphatic hydroxyl groups excluding tert-OH is 1. The summed E-state index contributed by atoms with van der Waals surface area (Å²) in [6.45, 7) is 3.52. The molecule has 0 radical (unpaired) electrons. The standard InChI is InChI=1S/C49H94N2O7/c1-3-5-7-9-11-13-15-16-17-18-19-20-21-22-23-24-26-28-33-37-41-48(55)58-44(38-34-30-27-25-14-12-10-8-6-4-2)39-35-31-29-32-36-40-46(53)50-42-47(54)51-45(43-52)49(56)57/h44-45,52H,3-43H2,1-2H3,(H,50,53)(H,51,54)(H,56,57). The molecule has 342 valence electrons. The van der Waals surface area contributed by atoms with Gasteiger partial charge in [-0.1, -0.05) is 213 Å². The second-order valence-electron chi connectivity index (χ2n) is 17.3. The molecule has 0 aromatic carbocycles. The Kier molecular flexibility index (Phi) is 42.7. The Morgan fingerprint density at radius 3 is 1.12 bits per heavy atom. The Balaban J connectivity index is 4.13. The van der Waals surface area contributed by atoms with Gasteiger partial charge in [0.05, 0.1) is 13.2 Å². The molecule has 9 heteroatoms. The van der Waals surface area contributed by atoms with E-state index in [4.69, 9.17) is 14.9 Å². The van der Waals surface area contributed by atoms with Gasteiger partial charge in [-0.15, -0.1) is 0 Å². The van der Waals surface area contributed by atoms with Gasteiger partial charge >= 0.3 is 11.9 Å². The maximum Gasteiger partial charge on any atom is 0.328 e. The third-order valence-electron chi connectivity index (χ3n) is 11.6. The topological polar surface area (TPSA) is 142 Å². The largest absolute Gasteiger partial charge is 0.480 e. The van der Waals surface area contributed by atoms with Gasteiger partial charge in [-0.3, -0.25) is 14.4 Å². The first kappa shape index (κ1) is 55.8. The summed E-state index contributed by atoms with van der Waals surface area (Å²) in [5.41, 5.74) is 0. The molecule has 4 N–H and O–H groups in total. The number of ether oxygens (including phenoxy) is 1. The molecular weight excluding hydrogens is 729 g/mol. The van der Waals surface area contributed by atoms with E-state index < -0.39 is 24.5 Å². The number of unbranched alkanes of at least 4 members (excludes halogenated alkanes) is 32. The number of rotatable bonds is 46. The van der Waals surface area contributed by atoms with Gasteiger partial charge in [0.25, 0.3) is 0 Å². The number of nitrogens with one attached hydrogen (secondary N) is 2. The van der Waals surface area contributed by atoms with Crippen LogP contribution in [0.1, 0.15) is 264 Å². The van der Waals surface area contributed by atoms with Gasteiger partial charge in [-0.25, -0.2) is 4.79 Å². The van der Waals surface area contributed by atoms with Crippen LogP contribution in [0.15, 0.2) is 0 Å². The van der Waals surface area contributed by atoms with Crippen molar-refractivity contribution in [1.29, 1.82) is 0 Å². The minimum absolute atomic E-state index is 0.00451. The van der Waals surface area contributed by atoms with E-state index in [1.807, 2.05) is 0 Å². The quantitative estimate of drug-likeness (QED) is 0.0354. The fourth-order valence-electron chi connectivity index (χ4n) is 7.78. The molecule has 0 rings (SSSR count). The number of aliphatic hydroxyl groups is 1. The predicted octanol–water partition coefficient (Wildman–Crippen LogP) is 12.8.